The zero-order chi connectivity index (χ0) is 21.5. The van der Waals surface area contributed by atoms with Gasteiger partial charge in [0.2, 0.25) is 5.91 Å². The van der Waals surface area contributed by atoms with Crippen LogP contribution >= 0.6 is 12.4 Å². The highest BCUT2D eigenvalue weighted by Gasteiger charge is 2.17. The summed E-state index contributed by atoms with van der Waals surface area (Å²) in [7, 11) is 0. The standard InChI is InChI=1S/C22H27N5O3.ClH/c1-15-3-2-4-17(11-15)22(29)26-13-18-6-5-16(21(23)24)12-19(18)25-14-20(28)27-7-9-30-10-8-27;/h2-6,11-12,25H,7-10,13-14H2,1H3,(H3,23,24)(H,26,29);1H. The number of nitrogen functional groups attached to an aromatic ring is 1. The summed E-state index contributed by atoms with van der Waals surface area (Å²) in [6.45, 7) is 4.56. The van der Waals surface area contributed by atoms with Crippen LogP contribution in [0, 0.1) is 12.3 Å². The third kappa shape index (κ3) is 6.70. The van der Waals surface area contributed by atoms with E-state index in [0.717, 1.165) is 11.1 Å². The summed E-state index contributed by atoms with van der Waals surface area (Å²) in [6, 6.07) is 12.6. The number of anilines is 1. The Balaban J connectivity index is 0.00000341. The van der Waals surface area contributed by atoms with E-state index >= 15 is 0 Å². The fourth-order valence-corrected chi connectivity index (χ4v) is 3.22. The lowest BCUT2D eigenvalue weighted by Gasteiger charge is -2.27. The predicted molar refractivity (Wildman–Crippen MR) is 123 cm³/mol. The van der Waals surface area contributed by atoms with Crippen LogP contribution in [0.15, 0.2) is 42.5 Å². The van der Waals surface area contributed by atoms with Crippen LogP contribution in [0.25, 0.3) is 0 Å². The number of aryl methyl sites for hydroxylation is 1. The Bertz CT molecular complexity index is 944. The minimum absolute atomic E-state index is 0. The van der Waals surface area contributed by atoms with Crippen molar-refractivity contribution in [2.45, 2.75) is 13.5 Å². The molecule has 0 atom stereocenters. The molecule has 2 amide bonds. The quantitative estimate of drug-likeness (QED) is 0.383. The molecule has 9 heteroatoms. The maximum absolute atomic E-state index is 12.5. The number of nitrogens with one attached hydrogen (secondary N) is 3. The molecule has 1 aliphatic rings. The van der Waals surface area contributed by atoms with Gasteiger partial charge in [-0.2, -0.15) is 0 Å². The summed E-state index contributed by atoms with van der Waals surface area (Å²) in [6.07, 6.45) is 0. The average Bonchev–Trinajstić information content (AvgIpc) is 2.76. The number of ether oxygens (including phenoxy) is 1. The topological polar surface area (TPSA) is 121 Å². The molecule has 166 valence electrons. The number of hydrogen-bond donors (Lipinski definition) is 4. The maximum Gasteiger partial charge on any atom is 0.251 e. The lowest BCUT2D eigenvalue weighted by atomic mass is 10.1. The van der Waals surface area contributed by atoms with Crippen LogP contribution in [-0.4, -0.2) is 55.4 Å². The van der Waals surface area contributed by atoms with Crippen LogP contribution in [0.1, 0.15) is 27.0 Å². The summed E-state index contributed by atoms with van der Waals surface area (Å²) in [5.74, 6) is -0.265. The van der Waals surface area contributed by atoms with Gasteiger partial charge in [-0.25, -0.2) is 0 Å². The number of hydrogen-bond acceptors (Lipinski definition) is 5. The predicted octanol–water partition coefficient (Wildman–Crippen LogP) is 1.90. The molecule has 0 bridgehead atoms. The summed E-state index contributed by atoms with van der Waals surface area (Å²) in [5.41, 5.74) is 9.23. The van der Waals surface area contributed by atoms with Gasteiger partial charge in [0.1, 0.15) is 5.84 Å². The van der Waals surface area contributed by atoms with Crippen LogP contribution in [0.5, 0.6) is 0 Å². The Morgan fingerprint density at radius 3 is 2.55 bits per heavy atom. The van der Waals surface area contributed by atoms with Crippen LogP contribution in [0.2, 0.25) is 0 Å². The van der Waals surface area contributed by atoms with Gasteiger partial charge in [0.15, 0.2) is 0 Å². The summed E-state index contributed by atoms with van der Waals surface area (Å²) >= 11 is 0. The van der Waals surface area contributed by atoms with E-state index in [9.17, 15) is 9.59 Å². The van der Waals surface area contributed by atoms with Crippen molar-refractivity contribution in [1.82, 2.24) is 10.2 Å². The van der Waals surface area contributed by atoms with Gasteiger partial charge in [-0.05, 0) is 30.7 Å². The third-order valence-corrected chi connectivity index (χ3v) is 4.93. The van der Waals surface area contributed by atoms with Gasteiger partial charge in [0.05, 0.1) is 19.8 Å². The molecule has 3 rings (SSSR count). The lowest BCUT2D eigenvalue weighted by molar-refractivity contribution is -0.133. The Hall–Kier alpha value is -3.10. The Morgan fingerprint density at radius 2 is 1.87 bits per heavy atom. The molecule has 0 radical (unpaired) electrons. The van der Waals surface area contributed by atoms with E-state index < -0.39 is 0 Å². The number of carbonyl (C=O) groups is 2. The van der Waals surface area contributed by atoms with Gasteiger partial charge in [-0.1, -0.05) is 29.8 Å². The molecule has 8 nitrogen and oxygen atoms in total. The van der Waals surface area contributed by atoms with E-state index in [4.69, 9.17) is 15.9 Å². The first-order valence-corrected chi connectivity index (χ1v) is 9.85. The number of halogens is 1. The number of benzene rings is 2. The average molecular weight is 446 g/mol. The number of carbonyl (C=O) groups excluding carboxylic acids is 2. The van der Waals surface area contributed by atoms with Gasteiger partial charge < -0.3 is 26.0 Å². The highest BCUT2D eigenvalue weighted by Crippen LogP contribution is 2.18. The number of nitrogens with two attached hydrogens (primary N) is 1. The highest BCUT2D eigenvalue weighted by atomic mass is 35.5. The number of rotatable bonds is 7. The molecule has 5 N–H and O–H groups in total. The first kappa shape index (κ1) is 24.2. The smallest absolute Gasteiger partial charge is 0.251 e. The van der Waals surface area contributed by atoms with Crippen molar-refractivity contribution in [2.24, 2.45) is 5.73 Å². The molecule has 2 aromatic rings. The first-order chi connectivity index (χ1) is 14.4. The molecule has 1 saturated heterocycles. The van der Waals surface area contributed by atoms with E-state index in [1.54, 1.807) is 29.2 Å². The van der Waals surface area contributed by atoms with Crippen molar-refractivity contribution in [3.8, 4) is 0 Å². The van der Waals surface area contributed by atoms with Crippen molar-refractivity contribution in [2.75, 3.05) is 38.2 Å². The number of nitrogens with zero attached hydrogens (tertiary/aromatic N) is 1. The summed E-state index contributed by atoms with van der Waals surface area (Å²) in [5, 5.41) is 13.7. The molecule has 0 aromatic heterocycles. The minimum Gasteiger partial charge on any atom is -0.384 e. The van der Waals surface area contributed by atoms with Crippen molar-refractivity contribution in [3.05, 3.63) is 64.7 Å². The molecular weight excluding hydrogens is 418 g/mol. The lowest BCUT2D eigenvalue weighted by Crippen LogP contribution is -2.43. The molecule has 1 aliphatic heterocycles. The summed E-state index contributed by atoms with van der Waals surface area (Å²) < 4.78 is 5.28. The second kappa shape index (κ2) is 11.3. The summed E-state index contributed by atoms with van der Waals surface area (Å²) in [4.78, 5) is 26.7. The van der Waals surface area contributed by atoms with Crippen molar-refractivity contribution in [1.29, 1.82) is 5.41 Å². The molecule has 0 saturated carbocycles. The van der Waals surface area contributed by atoms with E-state index in [0.29, 0.717) is 43.1 Å². The monoisotopic (exact) mass is 445 g/mol. The van der Waals surface area contributed by atoms with Crippen LogP contribution in [0.3, 0.4) is 0 Å². The van der Waals surface area contributed by atoms with E-state index in [2.05, 4.69) is 10.6 Å². The third-order valence-electron chi connectivity index (χ3n) is 4.93. The fraction of sp³-hybridized carbons (Fsp3) is 0.318. The van der Waals surface area contributed by atoms with E-state index in [-0.39, 0.29) is 43.1 Å². The molecule has 0 aliphatic carbocycles. The molecule has 1 fully saturated rings. The maximum atomic E-state index is 12.5. The Morgan fingerprint density at radius 1 is 1.13 bits per heavy atom. The first-order valence-electron chi connectivity index (χ1n) is 9.85. The van der Waals surface area contributed by atoms with Crippen LogP contribution in [0.4, 0.5) is 5.69 Å². The van der Waals surface area contributed by atoms with Gasteiger partial charge >= 0.3 is 0 Å². The van der Waals surface area contributed by atoms with Crippen molar-refractivity contribution >= 4 is 35.7 Å². The van der Waals surface area contributed by atoms with Gasteiger partial charge in [-0.15, -0.1) is 12.4 Å². The zero-order valence-electron chi connectivity index (χ0n) is 17.4. The van der Waals surface area contributed by atoms with Gasteiger partial charge in [0.25, 0.3) is 5.91 Å². The van der Waals surface area contributed by atoms with Crippen LogP contribution < -0.4 is 16.4 Å². The van der Waals surface area contributed by atoms with E-state index in [1.807, 2.05) is 25.1 Å². The molecule has 0 unspecified atom stereocenters. The minimum atomic E-state index is -0.176. The van der Waals surface area contributed by atoms with Crippen molar-refractivity contribution < 1.29 is 14.3 Å². The molecule has 0 spiro atoms. The van der Waals surface area contributed by atoms with Gasteiger partial charge in [0, 0.05) is 36.4 Å². The number of amides is 2. The van der Waals surface area contributed by atoms with E-state index in [1.165, 1.54) is 0 Å². The number of morpholine rings is 1. The zero-order valence-corrected chi connectivity index (χ0v) is 18.3. The normalized spacial score (nSPS) is 13.1. The highest BCUT2D eigenvalue weighted by molar-refractivity contribution is 5.96. The molecular formula is C22H28ClN5O3. The second-order valence-corrected chi connectivity index (χ2v) is 7.18. The largest absolute Gasteiger partial charge is 0.384 e. The molecule has 31 heavy (non-hydrogen) atoms. The molecule has 1 heterocycles. The fourth-order valence-electron chi connectivity index (χ4n) is 3.22. The van der Waals surface area contributed by atoms with Crippen LogP contribution in [-0.2, 0) is 16.1 Å². The Labute approximate surface area is 188 Å². The number of amidine groups is 1. The second-order valence-electron chi connectivity index (χ2n) is 7.18. The Kier molecular flexibility index (Phi) is 8.84. The SMILES string of the molecule is Cc1cccc(C(=O)NCc2ccc(C(=N)N)cc2NCC(=O)N2CCOCC2)c1.Cl. The van der Waals surface area contributed by atoms with Gasteiger partial charge in [-0.3, -0.25) is 15.0 Å². The van der Waals surface area contributed by atoms with Crippen molar-refractivity contribution in [3.63, 3.8) is 0 Å². The molecule has 2 aromatic carbocycles.